The molecule has 1 amide bonds. The second-order valence-electron chi connectivity index (χ2n) is 6.78. The number of aromatic nitrogens is 3. The van der Waals surface area contributed by atoms with Gasteiger partial charge in [-0.3, -0.25) is 4.79 Å². The molecule has 0 saturated carbocycles. The number of pyridine rings is 1. The Morgan fingerprint density at radius 3 is 2.90 bits per heavy atom. The Morgan fingerprint density at radius 1 is 1.33 bits per heavy atom. The van der Waals surface area contributed by atoms with Crippen molar-refractivity contribution in [2.75, 3.05) is 37.2 Å². The van der Waals surface area contributed by atoms with Gasteiger partial charge in [-0.05, 0) is 12.1 Å². The number of amides is 1. The Kier molecular flexibility index (Phi) is 5.36. The molecule has 152 valence electrons. The van der Waals surface area contributed by atoms with Crippen LogP contribution in [0.3, 0.4) is 0 Å². The van der Waals surface area contributed by atoms with E-state index in [1.54, 1.807) is 23.1 Å². The van der Waals surface area contributed by atoms with E-state index in [4.69, 9.17) is 5.73 Å². The van der Waals surface area contributed by atoms with E-state index in [9.17, 15) is 14.4 Å². The summed E-state index contributed by atoms with van der Waals surface area (Å²) in [5.74, 6) is -0.376. The van der Waals surface area contributed by atoms with Gasteiger partial charge in [0.25, 0.3) is 5.91 Å². The minimum Gasteiger partial charge on any atom is -0.382 e. The third-order valence-electron chi connectivity index (χ3n) is 4.92. The molecule has 4 rings (SSSR count). The molecule has 0 unspecified atom stereocenters. The van der Waals surface area contributed by atoms with Crippen molar-refractivity contribution in [1.29, 1.82) is 5.26 Å². The minimum atomic E-state index is -0.473. The van der Waals surface area contributed by atoms with Crippen LogP contribution in [0, 0.1) is 17.1 Å². The molecule has 3 heterocycles. The van der Waals surface area contributed by atoms with E-state index in [0.717, 1.165) is 0 Å². The topological polar surface area (TPSA) is 133 Å². The molecular weight excluding hydrogens is 387 g/mol. The van der Waals surface area contributed by atoms with E-state index in [-0.39, 0.29) is 35.2 Å². The zero-order valence-corrected chi connectivity index (χ0v) is 16.0. The Morgan fingerprint density at radius 2 is 2.13 bits per heavy atom. The second-order valence-corrected chi connectivity index (χ2v) is 6.78. The number of nitrogen functional groups attached to an aromatic ring is 1. The summed E-state index contributed by atoms with van der Waals surface area (Å²) in [5, 5.41) is 16.0. The van der Waals surface area contributed by atoms with Gasteiger partial charge in [-0.2, -0.15) is 5.26 Å². The lowest BCUT2D eigenvalue weighted by Crippen LogP contribution is -2.46. The first-order valence-electron chi connectivity index (χ1n) is 9.41. The van der Waals surface area contributed by atoms with Gasteiger partial charge < -0.3 is 21.3 Å². The lowest BCUT2D eigenvalue weighted by molar-refractivity contribution is 0.0734. The molecule has 0 bridgehead atoms. The van der Waals surface area contributed by atoms with Crippen molar-refractivity contribution in [3.8, 4) is 6.07 Å². The van der Waals surface area contributed by atoms with Gasteiger partial charge in [-0.1, -0.05) is 12.1 Å². The molecule has 1 aliphatic heterocycles. The van der Waals surface area contributed by atoms with Crippen molar-refractivity contribution in [2.45, 2.75) is 6.54 Å². The number of hydrogen-bond acceptors (Lipinski definition) is 8. The summed E-state index contributed by atoms with van der Waals surface area (Å²) in [6.07, 6.45) is 1.23. The average molecular weight is 406 g/mol. The molecule has 1 aliphatic rings. The van der Waals surface area contributed by atoms with E-state index < -0.39 is 5.82 Å². The molecule has 2 aromatic heterocycles. The van der Waals surface area contributed by atoms with Crippen LogP contribution >= 0.6 is 0 Å². The molecule has 4 N–H and O–H groups in total. The SMILES string of the molecule is N#Cc1c(N)ncnc1NCc1nc2c(F)cccc2cc1C(=O)N1CCNCC1. The summed E-state index contributed by atoms with van der Waals surface area (Å²) in [5.41, 5.74) is 6.73. The number of para-hydroxylation sites is 1. The fraction of sp³-hybridized carbons (Fsp3) is 0.250. The van der Waals surface area contributed by atoms with E-state index in [0.29, 0.717) is 42.8 Å². The summed E-state index contributed by atoms with van der Waals surface area (Å²) in [7, 11) is 0. The molecule has 1 fully saturated rings. The van der Waals surface area contributed by atoms with E-state index in [1.807, 2.05) is 6.07 Å². The molecule has 9 nitrogen and oxygen atoms in total. The van der Waals surface area contributed by atoms with Crippen molar-refractivity contribution in [3.05, 3.63) is 53.2 Å². The summed E-state index contributed by atoms with van der Waals surface area (Å²) in [6, 6.07) is 8.24. The summed E-state index contributed by atoms with van der Waals surface area (Å²) < 4.78 is 14.3. The number of piperazine rings is 1. The number of carbonyl (C=O) groups excluding carboxylic acids is 1. The first kappa shape index (κ1) is 19.5. The number of nitrogens with two attached hydrogens (primary N) is 1. The zero-order valence-electron chi connectivity index (χ0n) is 16.0. The Balaban J connectivity index is 1.73. The summed E-state index contributed by atoms with van der Waals surface area (Å²) in [4.78, 5) is 27.2. The lowest BCUT2D eigenvalue weighted by Gasteiger charge is -2.28. The van der Waals surface area contributed by atoms with E-state index in [2.05, 4.69) is 25.6 Å². The van der Waals surface area contributed by atoms with Crippen LogP contribution < -0.4 is 16.4 Å². The van der Waals surface area contributed by atoms with Crippen molar-refractivity contribution < 1.29 is 9.18 Å². The third kappa shape index (κ3) is 3.70. The van der Waals surface area contributed by atoms with Crippen LogP contribution in [-0.2, 0) is 6.54 Å². The fourth-order valence-corrected chi connectivity index (χ4v) is 3.37. The van der Waals surface area contributed by atoms with Gasteiger partial charge in [0.05, 0.1) is 17.8 Å². The molecule has 1 saturated heterocycles. The number of nitriles is 1. The summed E-state index contributed by atoms with van der Waals surface area (Å²) >= 11 is 0. The molecule has 0 radical (unpaired) electrons. The van der Waals surface area contributed by atoms with Gasteiger partial charge in [-0.25, -0.2) is 19.3 Å². The number of hydrogen-bond donors (Lipinski definition) is 3. The molecule has 1 aromatic carbocycles. The quantitative estimate of drug-likeness (QED) is 0.590. The largest absolute Gasteiger partial charge is 0.382 e. The lowest BCUT2D eigenvalue weighted by atomic mass is 10.1. The van der Waals surface area contributed by atoms with Crippen molar-refractivity contribution in [2.24, 2.45) is 0 Å². The molecule has 3 aromatic rings. The minimum absolute atomic E-state index is 0.0460. The maximum absolute atomic E-state index is 14.3. The van der Waals surface area contributed by atoms with E-state index in [1.165, 1.54) is 12.4 Å². The van der Waals surface area contributed by atoms with Crippen LogP contribution in [0.15, 0.2) is 30.6 Å². The van der Waals surface area contributed by atoms with Crippen LogP contribution in [0.1, 0.15) is 21.6 Å². The first-order chi connectivity index (χ1) is 14.6. The Labute approximate surface area is 171 Å². The van der Waals surface area contributed by atoms with Gasteiger partial charge in [0.2, 0.25) is 0 Å². The number of halogens is 1. The zero-order chi connectivity index (χ0) is 21.1. The van der Waals surface area contributed by atoms with Crippen LogP contribution in [-0.4, -0.2) is 51.9 Å². The monoisotopic (exact) mass is 406 g/mol. The van der Waals surface area contributed by atoms with Gasteiger partial charge >= 0.3 is 0 Å². The standard InChI is InChI=1S/C20H19FN8O/c21-15-3-1-2-12-8-13(20(30)29-6-4-24-5-7-29)16(28-17(12)15)10-25-19-14(9-22)18(23)26-11-27-19/h1-3,8,11,24H,4-7,10H2,(H3,23,25,26,27). The van der Waals surface area contributed by atoms with Crippen molar-refractivity contribution >= 4 is 28.4 Å². The van der Waals surface area contributed by atoms with Gasteiger partial charge in [-0.15, -0.1) is 0 Å². The molecule has 0 aliphatic carbocycles. The number of benzene rings is 1. The van der Waals surface area contributed by atoms with Gasteiger partial charge in [0.15, 0.2) is 0 Å². The highest BCUT2D eigenvalue weighted by molar-refractivity contribution is 5.99. The molecule has 0 atom stereocenters. The number of nitrogens with zero attached hydrogens (tertiary/aromatic N) is 5. The Hall–Kier alpha value is -3.84. The van der Waals surface area contributed by atoms with Crippen LogP contribution in [0.5, 0.6) is 0 Å². The second kappa shape index (κ2) is 8.26. The molecular formula is C20H19FN8O. The maximum atomic E-state index is 14.3. The average Bonchev–Trinajstić information content (AvgIpc) is 2.77. The number of anilines is 2. The predicted octanol–water partition coefficient (Wildman–Crippen LogP) is 1.28. The van der Waals surface area contributed by atoms with Crippen molar-refractivity contribution in [1.82, 2.24) is 25.2 Å². The summed E-state index contributed by atoms with van der Waals surface area (Å²) in [6.45, 7) is 2.63. The normalized spacial score (nSPS) is 13.8. The third-order valence-corrected chi connectivity index (χ3v) is 4.92. The van der Waals surface area contributed by atoms with Crippen LogP contribution in [0.2, 0.25) is 0 Å². The number of nitrogens with one attached hydrogen (secondary N) is 2. The number of rotatable bonds is 4. The fourth-order valence-electron chi connectivity index (χ4n) is 3.37. The highest BCUT2D eigenvalue weighted by atomic mass is 19.1. The molecule has 0 spiro atoms. The molecule has 10 heteroatoms. The molecule has 30 heavy (non-hydrogen) atoms. The highest BCUT2D eigenvalue weighted by Gasteiger charge is 2.23. The van der Waals surface area contributed by atoms with Gasteiger partial charge in [0, 0.05) is 31.6 Å². The van der Waals surface area contributed by atoms with E-state index >= 15 is 0 Å². The smallest absolute Gasteiger partial charge is 0.255 e. The van der Waals surface area contributed by atoms with Crippen LogP contribution in [0.25, 0.3) is 10.9 Å². The first-order valence-corrected chi connectivity index (χ1v) is 9.41. The Bertz CT molecular complexity index is 1150. The van der Waals surface area contributed by atoms with Crippen LogP contribution in [0.4, 0.5) is 16.0 Å². The van der Waals surface area contributed by atoms with Crippen molar-refractivity contribution in [3.63, 3.8) is 0 Å². The number of carbonyl (C=O) groups is 1. The number of fused-ring (bicyclic) bond motifs is 1. The highest BCUT2D eigenvalue weighted by Crippen LogP contribution is 2.23. The predicted molar refractivity (Wildman–Crippen MR) is 109 cm³/mol. The van der Waals surface area contributed by atoms with Gasteiger partial charge in [0.1, 0.15) is 40.9 Å². The maximum Gasteiger partial charge on any atom is 0.255 e.